The number of hydrogen-bond donors (Lipinski definition) is 2. The van der Waals surface area contributed by atoms with Crippen molar-refractivity contribution in [3.63, 3.8) is 0 Å². The van der Waals surface area contributed by atoms with E-state index in [4.69, 9.17) is 0 Å². The first-order valence-electron chi connectivity index (χ1n) is 6.81. The van der Waals surface area contributed by atoms with Gasteiger partial charge in [0.1, 0.15) is 0 Å². The van der Waals surface area contributed by atoms with Gasteiger partial charge in [-0.05, 0) is 36.1 Å². The Hall–Kier alpha value is -1.84. The zero-order chi connectivity index (χ0) is 13.8. The summed E-state index contributed by atoms with van der Waals surface area (Å²) in [6.07, 6.45) is 2.25. The quantitative estimate of drug-likeness (QED) is 0.873. The summed E-state index contributed by atoms with van der Waals surface area (Å²) in [6.45, 7) is 4.92. The van der Waals surface area contributed by atoms with Gasteiger partial charge in [-0.25, -0.2) is 0 Å². The van der Waals surface area contributed by atoms with Gasteiger partial charge in [0.05, 0.1) is 0 Å². The zero-order valence-corrected chi connectivity index (χ0v) is 11.5. The van der Waals surface area contributed by atoms with E-state index in [-0.39, 0.29) is 11.8 Å². The topological polar surface area (TPSA) is 58.2 Å². The summed E-state index contributed by atoms with van der Waals surface area (Å²) in [7, 11) is 0. The van der Waals surface area contributed by atoms with Crippen LogP contribution in [0.5, 0.6) is 0 Å². The van der Waals surface area contributed by atoms with E-state index in [0.717, 1.165) is 17.7 Å². The van der Waals surface area contributed by atoms with E-state index < -0.39 is 0 Å². The Morgan fingerprint density at radius 2 is 2.21 bits per heavy atom. The number of amides is 2. The lowest BCUT2D eigenvalue weighted by Crippen LogP contribution is -2.28. The fourth-order valence-electron chi connectivity index (χ4n) is 2.04. The molecule has 0 fully saturated rings. The van der Waals surface area contributed by atoms with Crippen molar-refractivity contribution in [1.82, 2.24) is 5.32 Å². The molecule has 0 radical (unpaired) electrons. The third kappa shape index (κ3) is 3.34. The summed E-state index contributed by atoms with van der Waals surface area (Å²) in [5.41, 5.74) is 2.53. The fraction of sp³-hybridized carbons (Fsp3) is 0.467. The lowest BCUT2D eigenvalue weighted by Gasteiger charge is -2.17. The van der Waals surface area contributed by atoms with Crippen molar-refractivity contribution in [2.45, 2.75) is 33.1 Å². The number of anilines is 1. The molecule has 0 saturated carbocycles. The van der Waals surface area contributed by atoms with Gasteiger partial charge in [0.2, 0.25) is 5.91 Å². The average Bonchev–Trinajstić information content (AvgIpc) is 2.43. The van der Waals surface area contributed by atoms with Gasteiger partial charge in [-0.15, -0.1) is 0 Å². The monoisotopic (exact) mass is 260 g/mol. The van der Waals surface area contributed by atoms with Crippen molar-refractivity contribution in [2.75, 3.05) is 11.9 Å². The maximum absolute atomic E-state index is 12.0. The number of carbonyl (C=O) groups is 2. The lowest BCUT2D eigenvalue weighted by molar-refractivity contribution is -0.116. The van der Waals surface area contributed by atoms with E-state index >= 15 is 0 Å². The molecule has 1 heterocycles. The molecule has 2 rings (SSSR count). The number of nitrogens with one attached hydrogen (secondary N) is 2. The van der Waals surface area contributed by atoms with Crippen LogP contribution in [0.1, 0.15) is 42.6 Å². The average molecular weight is 260 g/mol. The molecule has 2 amide bonds. The van der Waals surface area contributed by atoms with E-state index in [1.807, 2.05) is 12.1 Å². The summed E-state index contributed by atoms with van der Waals surface area (Å²) in [5.74, 6) is 0.488. The Morgan fingerprint density at radius 1 is 1.42 bits per heavy atom. The fourth-order valence-corrected chi connectivity index (χ4v) is 2.04. The minimum atomic E-state index is -0.0417. The Labute approximate surface area is 113 Å². The highest BCUT2D eigenvalue weighted by molar-refractivity contribution is 5.97. The standard InChI is InChI=1S/C15H20N2O2/c1-3-10(2)9-16-15(19)12-4-6-13-11(8-12)5-7-14(18)17-13/h4,6,8,10H,3,5,7,9H2,1-2H3,(H,16,19)(H,17,18). The van der Waals surface area contributed by atoms with Crippen LogP contribution in [-0.2, 0) is 11.2 Å². The van der Waals surface area contributed by atoms with Crippen LogP contribution in [0, 0.1) is 5.92 Å². The van der Waals surface area contributed by atoms with E-state index in [9.17, 15) is 9.59 Å². The molecule has 2 N–H and O–H groups in total. The largest absolute Gasteiger partial charge is 0.352 e. The Balaban J connectivity index is 2.05. The summed E-state index contributed by atoms with van der Waals surface area (Å²) in [4.78, 5) is 23.3. The SMILES string of the molecule is CCC(C)CNC(=O)c1ccc2c(c1)CCC(=O)N2. The maximum atomic E-state index is 12.0. The Bertz CT molecular complexity index is 497. The van der Waals surface area contributed by atoms with Gasteiger partial charge in [-0.2, -0.15) is 0 Å². The minimum absolute atomic E-state index is 0.0417. The molecule has 102 valence electrons. The molecule has 0 bridgehead atoms. The van der Waals surface area contributed by atoms with Crippen molar-refractivity contribution < 1.29 is 9.59 Å². The Kier molecular flexibility index (Phi) is 4.20. The van der Waals surface area contributed by atoms with Crippen molar-refractivity contribution in [3.8, 4) is 0 Å². The molecule has 0 aliphatic carbocycles. The first-order valence-corrected chi connectivity index (χ1v) is 6.81. The lowest BCUT2D eigenvalue weighted by atomic mass is 10.00. The molecule has 0 aromatic heterocycles. The van der Waals surface area contributed by atoms with Gasteiger partial charge in [-0.1, -0.05) is 20.3 Å². The van der Waals surface area contributed by atoms with Gasteiger partial charge in [0.15, 0.2) is 0 Å². The van der Waals surface area contributed by atoms with Crippen LogP contribution in [-0.4, -0.2) is 18.4 Å². The van der Waals surface area contributed by atoms with Crippen molar-refractivity contribution in [1.29, 1.82) is 0 Å². The number of fused-ring (bicyclic) bond motifs is 1. The van der Waals surface area contributed by atoms with Gasteiger partial charge >= 0.3 is 0 Å². The van der Waals surface area contributed by atoms with Crippen molar-refractivity contribution >= 4 is 17.5 Å². The van der Waals surface area contributed by atoms with Crippen LogP contribution in [0.15, 0.2) is 18.2 Å². The predicted octanol–water partition coefficient (Wildman–Crippen LogP) is 2.35. The van der Waals surface area contributed by atoms with Gasteiger partial charge in [-0.3, -0.25) is 9.59 Å². The normalized spacial score (nSPS) is 15.4. The zero-order valence-electron chi connectivity index (χ0n) is 11.5. The van der Waals surface area contributed by atoms with Crippen molar-refractivity contribution in [3.05, 3.63) is 29.3 Å². The van der Waals surface area contributed by atoms with E-state index in [2.05, 4.69) is 24.5 Å². The van der Waals surface area contributed by atoms with Crippen LogP contribution in [0.3, 0.4) is 0 Å². The third-order valence-corrected chi connectivity index (χ3v) is 3.57. The molecule has 4 heteroatoms. The highest BCUT2D eigenvalue weighted by atomic mass is 16.2. The molecule has 1 aliphatic rings. The summed E-state index contributed by atoms with van der Waals surface area (Å²) in [5, 5.41) is 5.75. The van der Waals surface area contributed by atoms with Crippen LogP contribution in [0.25, 0.3) is 0 Å². The molecule has 1 aliphatic heterocycles. The second-order valence-electron chi connectivity index (χ2n) is 5.14. The van der Waals surface area contributed by atoms with Crippen molar-refractivity contribution in [2.24, 2.45) is 5.92 Å². The number of carbonyl (C=O) groups excluding carboxylic acids is 2. The van der Waals surface area contributed by atoms with E-state index in [1.165, 1.54) is 0 Å². The second kappa shape index (κ2) is 5.87. The number of hydrogen-bond acceptors (Lipinski definition) is 2. The molecular formula is C15H20N2O2. The first-order chi connectivity index (χ1) is 9.10. The van der Waals surface area contributed by atoms with Crippen LogP contribution in [0.2, 0.25) is 0 Å². The molecule has 0 saturated heterocycles. The number of aryl methyl sites for hydroxylation is 1. The molecule has 1 atom stereocenters. The maximum Gasteiger partial charge on any atom is 0.251 e. The molecule has 0 spiro atoms. The number of rotatable bonds is 4. The van der Waals surface area contributed by atoms with Gasteiger partial charge in [0, 0.05) is 24.2 Å². The summed E-state index contributed by atoms with van der Waals surface area (Å²) < 4.78 is 0. The first kappa shape index (κ1) is 13.6. The molecule has 1 aromatic rings. The van der Waals surface area contributed by atoms with Gasteiger partial charge < -0.3 is 10.6 Å². The van der Waals surface area contributed by atoms with Crippen LogP contribution in [0.4, 0.5) is 5.69 Å². The predicted molar refractivity (Wildman–Crippen MR) is 75.2 cm³/mol. The van der Waals surface area contributed by atoms with Gasteiger partial charge in [0.25, 0.3) is 5.91 Å². The Morgan fingerprint density at radius 3 is 2.95 bits per heavy atom. The molecule has 4 nitrogen and oxygen atoms in total. The number of benzene rings is 1. The molecule has 19 heavy (non-hydrogen) atoms. The summed E-state index contributed by atoms with van der Waals surface area (Å²) in [6, 6.07) is 5.45. The highest BCUT2D eigenvalue weighted by Gasteiger charge is 2.16. The second-order valence-corrected chi connectivity index (χ2v) is 5.14. The van der Waals surface area contributed by atoms with E-state index in [0.29, 0.717) is 30.9 Å². The highest BCUT2D eigenvalue weighted by Crippen LogP contribution is 2.23. The minimum Gasteiger partial charge on any atom is -0.352 e. The van der Waals surface area contributed by atoms with Crippen LogP contribution >= 0.6 is 0 Å². The third-order valence-electron chi connectivity index (χ3n) is 3.57. The molecular weight excluding hydrogens is 240 g/mol. The van der Waals surface area contributed by atoms with Crippen LogP contribution < -0.4 is 10.6 Å². The van der Waals surface area contributed by atoms with E-state index in [1.54, 1.807) is 6.07 Å². The smallest absolute Gasteiger partial charge is 0.251 e. The molecule has 1 unspecified atom stereocenters. The summed E-state index contributed by atoms with van der Waals surface area (Å²) >= 11 is 0. The molecule has 1 aromatic carbocycles.